The van der Waals surface area contributed by atoms with Crippen molar-refractivity contribution < 1.29 is 9.21 Å². The molecular formula is C24H29ClN4O2. The molecule has 0 aliphatic carbocycles. The van der Waals surface area contributed by atoms with Gasteiger partial charge in [-0.3, -0.25) is 14.4 Å². The third kappa shape index (κ3) is 5.20. The van der Waals surface area contributed by atoms with Gasteiger partial charge in [-0.05, 0) is 62.0 Å². The summed E-state index contributed by atoms with van der Waals surface area (Å²) >= 11 is 6.47. The lowest BCUT2D eigenvalue weighted by Gasteiger charge is -2.40. The van der Waals surface area contributed by atoms with Crippen molar-refractivity contribution in [3.8, 4) is 0 Å². The lowest BCUT2D eigenvalue weighted by atomic mass is 9.84. The maximum absolute atomic E-state index is 13.1. The quantitative estimate of drug-likeness (QED) is 0.550. The van der Waals surface area contributed by atoms with E-state index in [1.54, 1.807) is 18.4 Å². The highest BCUT2D eigenvalue weighted by Crippen LogP contribution is 2.29. The number of hydrogen-bond acceptors (Lipinski definition) is 4. The van der Waals surface area contributed by atoms with Crippen molar-refractivity contribution in [3.05, 3.63) is 77.0 Å². The van der Waals surface area contributed by atoms with Gasteiger partial charge in [-0.15, -0.1) is 0 Å². The molecule has 4 rings (SSSR count). The van der Waals surface area contributed by atoms with Crippen LogP contribution in [0.5, 0.6) is 0 Å². The Morgan fingerprint density at radius 3 is 2.68 bits per heavy atom. The van der Waals surface area contributed by atoms with E-state index in [4.69, 9.17) is 16.0 Å². The first-order chi connectivity index (χ1) is 15.0. The second-order valence-electron chi connectivity index (χ2n) is 8.39. The first-order valence-electron chi connectivity index (χ1n) is 10.7. The summed E-state index contributed by atoms with van der Waals surface area (Å²) in [6.45, 7) is 2.92. The smallest absolute Gasteiger partial charge is 0.289 e. The van der Waals surface area contributed by atoms with E-state index in [0.717, 1.165) is 49.5 Å². The molecular weight excluding hydrogens is 412 g/mol. The summed E-state index contributed by atoms with van der Waals surface area (Å²) in [7, 11) is 3.83. The summed E-state index contributed by atoms with van der Waals surface area (Å²) in [5.41, 5.74) is 2.31. The lowest BCUT2D eigenvalue weighted by molar-refractivity contribution is 0.0556. The maximum atomic E-state index is 13.1. The van der Waals surface area contributed by atoms with Crippen molar-refractivity contribution in [2.45, 2.75) is 31.8 Å². The SMILES string of the molecule is CN(C(=O)c1ccco1)C(Cc1ccccc1Cl)C1CCN(Cc2cnn(C)c2)CC1. The fourth-order valence-electron chi connectivity index (χ4n) is 4.54. The number of aryl methyl sites for hydroxylation is 1. The van der Waals surface area contributed by atoms with Gasteiger partial charge in [0.25, 0.3) is 5.91 Å². The Bertz CT molecular complexity index is 993. The molecule has 3 heterocycles. The Balaban J connectivity index is 1.47. The van der Waals surface area contributed by atoms with Crippen molar-refractivity contribution in [1.82, 2.24) is 19.6 Å². The molecule has 0 spiro atoms. The summed E-state index contributed by atoms with van der Waals surface area (Å²) in [5, 5.41) is 5.02. The highest BCUT2D eigenvalue weighted by atomic mass is 35.5. The molecule has 0 N–H and O–H groups in total. The maximum Gasteiger partial charge on any atom is 0.289 e. The van der Waals surface area contributed by atoms with E-state index >= 15 is 0 Å². The fraction of sp³-hybridized carbons (Fsp3) is 0.417. The number of carbonyl (C=O) groups is 1. The molecule has 1 saturated heterocycles. The van der Waals surface area contributed by atoms with Crippen LogP contribution in [0.1, 0.15) is 34.5 Å². The van der Waals surface area contributed by atoms with Crippen LogP contribution in [0.2, 0.25) is 5.02 Å². The second kappa shape index (κ2) is 9.71. The Kier molecular flexibility index (Phi) is 6.78. The Hall–Kier alpha value is -2.57. The Labute approximate surface area is 188 Å². The molecule has 1 fully saturated rings. The van der Waals surface area contributed by atoms with E-state index in [1.807, 2.05) is 48.1 Å². The Morgan fingerprint density at radius 2 is 2.03 bits per heavy atom. The number of rotatable bonds is 7. The zero-order valence-corrected chi connectivity index (χ0v) is 18.8. The number of hydrogen-bond donors (Lipinski definition) is 0. The van der Waals surface area contributed by atoms with Gasteiger partial charge in [0.15, 0.2) is 5.76 Å². The Morgan fingerprint density at radius 1 is 1.26 bits per heavy atom. The van der Waals surface area contributed by atoms with Gasteiger partial charge in [-0.2, -0.15) is 5.10 Å². The highest BCUT2D eigenvalue weighted by Gasteiger charge is 2.33. The molecule has 1 aromatic carbocycles. The molecule has 1 atom stereocenters. The van der Waals surface area contributed by atoms with Gasteiger partial charge >= 0.3 is 0 Å². The van der Waals surface area contributed by atoms with E-state index in [0.29, 0.717) is 11.7 Å². The van der Waals surface area contributed by atoms with Gasteiger partial charge in [0.2, 0.25) is 0 Å². The lowest BCUT2D eigenvalue weighted by Crippen LogP contribution is -2.47. The first kappa shape index (κ1) is 21.7. The van der Waals surface area contributed by atoms with Gasteiger partial charge in [0.05, 0.1) is 12.5 Å². The monoisotopic (exact) mass is 440 g/mol. The number of carbonyl (C=O) groups excluding carboxylic acids is 1. The average molecular weight is 441 g/mol. The normalized spacial score (nSPS) is 16.4. The van der Waals surface area contributed by atoms with Crippen molar-refractivity contribution in [1.29, 1.82) is 0 Å². The minimum atomic E-state index is -0.0835. The molecule has 1 aliphatic rings. The number of halogens is 1. The molecule has 1 amide bonds. The van der Waals surface area contributed by atoms with Crippen molar-refractivity contribution >= 4 is 17.5 Å². The van der Waals surface area contributed by atoms with Gasteiger partial charge in [-0.25, -0.2) is 0 Å². The number of nitrogens with zero attached hydrogens (tertiary/aromatic N) is 4. The standard InChI is InChI=1S/C24H29ClN4O2/c1-27-16-18(15-26-27)17-29-11-9-19(10-12-29)22(14-20-6-3-4-7-21(20)25)28(2)24(30)23-8-5-13-31-23/h3-8,13,15-16,19,22H,9-12,14,17H2,1-2H3. The summed E-state index contributed by atoms with van der Waals surface area (Å²) in [6.07, 6.45) is 8.34. The first-order valence-corrected chi connectivity index (χ1v) is 11.1. The summed E-state index contributed by atoms with van der Waals surface area (Å²) in [5.74, 6) is 0.686. The predicted molar refractivity (Wildman–Crippen MR) is 121 cm³/mol. The minimum Gasteiger partial charge on any atom is -0.459 e. The average Bonchev–Trinajstić information content (AvgIpc) is 3.45. The summed E-state index contributed by atoms with van der Waals surface area (Å²) in [6, 6.07) is 11.4. The summed E-state index contributed by atoms with van der Waals surface area (Å²) in [4.78, 5) is 17.4. The molecule has 31 heavy (non-hydrogen) atoms. The van der Waals surface area contributed by atoms with Crippen LogP contribution in [0, 0.1) is 5.92 Å². The zero-order valence-electron chi connectivity index (χ0n) is 18.1. The van der Waals surface area contributed by atoms with Crippen molar-refractivity contribution in [3.63, 3.8) is 0 Å². The molecule has 164 valence electrons. The number of amides is 1. The fourth-order valence-corrected chi connectivity index (χ4v) is 4.75. The summed E-state index contributed by atoms with van der Waals surface area (Å²) < 4.78 is 7.22. The van der Waals surface area contributed by atoms with Crippen LogP contribution in [0.4, 0.5) is 0 Å². The molecule has 0 radical (unpaired) electrons. The van der Waals surface area contributed by atoms with E-state index in [2.05, 4.69) is 22.3 Å². The molecule has 2 aromatic heterocycles. The van der Waals surface area contributed by atoms with Gasteiger partial charge in [-0.1, -0.05) is 29.8 Å². The van der Waals surface area contributed by atoms with Gasteiger partial charge in [0.1, 0.15) is 0 Å². The van der Waals surface area contributed by atoms with E-state index in [-0.39, 0.29) is 11.9 Å². The molecule has 1 aliphatic heterocycles. The van der Waals surface area contributed by atoms with Gasteiger partial charge < -0.3 is 9.32 Å². The molecule has 1 unspecified atom stereocenters. The third-order valence-corrected chi connectivity index (χ3v) is 6.65. The number of aromatic nitrogens is 2. The van der Waals surface area contributed by atoms with Gasteiger partial charge in [0, 0.05) is 43.5 Å². The van der Waals surface area contributed by atoms with E-state index in [9.17, 15) is 4.79 Å². The van der Waals surface area contributed by atoms with Crippen molar-refractivity contribution in [2.24, 2.45) is 13.0 Å². The molecule has 3 aromatic rings. The predicted octanol–water partition coefficient (Wildman–Crippen LogP) is 4.26. The molecule has 6 nitrogen and oxygen atoms in total. The van der Waals surface area contributed by atoms with Crippen LogP contribution in [0.15, 0.2) is 59.5 Å². The topological polar surface area (TPSA) is 54.5 Å². The van der Waals surface area contributed by atoms with Crippen LogP contribution < -0.4 is 0 Å². The van der Waals surface area contributed by atoms with Crippen molar-refractivity contribution in [2.75, 3.05) is 20.1 Å². The van der Waals surface area contributed by atoms with E-state index < -0.39 is 0 Å². The molecule has 0 saturated carbocycles. The van der Waals surface area contributed by atoms with Crippen LogP contribution in [0.3, 0.4) is 0 Å². The van der Waals surface area contributed by atoms with Crippen LogP contribution in [-0.4, -0.2) is 51.7 Å². The number of likely N-dealkylation sites (tertiary alicyclic amines) is 1. The second-order valence-corrected chi connectivity index (χ2v) is 8.80. The van der Waals surface area contributed by atoms with Crippen LogP contribution in [-0.2, 0) is 20.0 Å². The van der Waals surface area contributed by atoms with Crippen LogP contribution in [0.25, 0.3) is 0 Å². The number of piperidine rings is 1. The highest BCUT2D eigenvalue weighted by molar-refractivity contribution is 6.31. The zero-order chi connectivity index (χ0) is 21.8. The minimum absolute atomic E-state index is 0.0537. The number of furan rings is 1. The molecule has 0 bridgehead atoms. The number of benzene rings is 1. The number of likely N-dealkylation sites (N-methyl/N-ethyl adjacent to an activating group) is 1. The molecule has 7 heteroatoms. The van der Waals surface area contributed by atoms with Crippen LogP contribution >= 0.6 is 11.6 Å². The van der Waals surface area contributed by atoms with E-state index in [1.165, 1.54) is 5.56 Å². The largest absolute Gasteiger partial charge is 0.459 e. The third-order valence-electron chi connectivity index (χ3n) is 6.28.